The molecule has 0 radical (unpaired) electrons. The Morgan fingerprint density at radius 1 is 1.08 bits per heavy atom. The van der Waals surface area contributed by atoms with Crippen molar-refractivity contribution in [2.45, 2.75) is 25.6 Å². The van der Waals surface area contributed by atoms with E-state index in [9.17, 15) is 35.9 Å². The predicted octanol–water partition coefficient (Wildman–Crippen LogP) is 2.71. The molecule has 0 amide bonds. The number of benzene rings is 1. The van der Waals surface area contributed by atoms with Gasteiger partial charge in [0.25, 0.3) is 0 Å². The summed E-state index contributed by atoms with van der Waals surface area (Å²) in [6.45, 7) is 1.14. The minimum atomic E-state index is -2.44. The molecule has 0 aliphatic heterocycles. The molecule has 2 rings (SSSR count). The fourth-order valence-corrected chi connectivity index (χ4v) is 1.89. The molecule has 1 saturated carbocycles. The molecule has 10 heteroatoms. The Morgan fingerprint density at radius 3 is 2.00 bits per heavy atom. The monoisotopic (exact) mass is 367 g/mol. The first-order chi connectivity index (χ1) is 11.7. The second-order valence-corrected chi connectivity index (χ2v) is 5.08. The lowest BCUT2D eigenvalue weighted by atomic mass is 10.0. The van der Waals surface area contributed by atoms with Gasteiger partial charge in [-0.05, 0) is 6.92 Å². The highest BCUT2D eigenvalue weighted by Gasteiger charge is 2.38. The number of halogens is 6. The topological polar surface area (TPSA) is 55.4 Å². The van der Waals surface area contributed by atoms with Crippen LogP contribution in [0.3, 0.4) is 0 Å². The first-order valence-corrected chi connectivity index (χ1v) is 7.04. The van der Waals surface area contributed by atoms with Crippen molar-refractivity contribution in [3.05, 3.63) is 46.4 Å². The zero-order chi connectivity index (χ0) is 18.9. The Kier molecular flexibility index (Phi) is 5.39. The molecule has 0 saturated heterocycles. The van der Waals surface area contributed by atoms with Crippen LogP contribution in [0.2, 0.25) is 0 Å². The van der Waals surface area contributed by atoms with Crippen LogP contribution in [0.4, 0.5) is 26.3 Å². The summed E-state index contributed by atoms with van der Waals surface area (Å²) < 4.78 is 84.3. The number of hydrogen-bond acceptors (Lipinski definition) is 4. The van der Waals surface area contributed by atoms with E-state index in [1.165, 1.54) is 6.92 Å². The molecule has 0 bridgehead atoms. The number of ketones is 1. The molecule has 1 aromatic carbocycles. The SMILES string of the molecule is CCOC(=O)/C(=C/NC1CC1F)C(=O)c1c(F)c(F)c(F)c(F)c1F. The van der Waals surface area contributed by atoms with Crippen molar-refractivity contribution < 1.29 is 40.7 Å². The van der Waals surface area contributed by atoms with Gasteiger partial charge in [-0.1, -0.05) is 0 Å². The second kappa shape index (κ2) is 7.16. The van der Waals surface area contributed by atoms with Crippen LogP contribution in [0, 0.1) is 29.1 Å². The van der Waals surface area contributed by atoms with Crippen LogP contribution in [-0.4, -0.2) is 30.6 Å². The van der Waals surface area contributed by atoms with Crippen LogP contribution in [0.1, 0.15) is 23.7 Å². The summed E-state index contributed by atoms with van der Waals surface area (Å²) in [5, 5.41) is 2.31. The number of ether oxygens (including phenoxy) is 1. The molecule has 1 N–H and O–H groups in total. The summed E-state index contributed by atoms with van der Waals surface area (Å²) in [6.07, 6.45) is -0.532. The third-order valence-corrected chi connectivity index (χ3v) is 3.33. The molecule has 2 atom stereocenters. The summed E-state index contributed by atoms with van der Waals surface area (Å²) in [7, 11) is 0. The zero-order valence-corrected chi connectivity index (χ0v) is 12.6. The highest BCUT2D eigenvalue weighted by Crippen LogP contribution is 2.27. The van der Waals surface area contributed by atoms with Crippen molar-refractivity contribution in [2.24, 2.45) is 0 Å². The van der Waals surface area contributed by atoms with Crippen LogP contribution in [0.5, 0.6) is 0 Å². The fourth-order valence-electron chi connectivity index (χ4n) is 1.89. The maximum absolute atomic E-state index is 13.7. The standard InChI is InChI=1S/C15H11F6NO3/c1-2-25-15(24)5(4-22-7-3-6(7)16)14(23)8-9(17)11(19)13(21)12(20)10(8)18/h4,6-7,22H,2-3H2,1H3/b5-4+. The summed E-state index contributed by atoms with van der Waals surface area (Å²) >= 11 is 0. The number of rotatable bonds is 6. The van der Waals surface area contributed by atoms with E-state index in [1.54, 1.807) is 0 Å². The predicted molar refractivity (Wildman–Crippen MR) is 71.7 cm³/mol. The van der Waals surface area contributed by atoms with E-state index in [0.29, 0.717) is 6.20 Å². The molecule has 2 unspecified atom stereocenters. The first-order valence-electron chi connectivity index (χ1n) is 7.04. The van der Waals surface area contributed by atoms with Gasteiger partial charge in [-0.25, -0.2) is 31.1 Å². The van der Waals surface area contributed by atoms with Gasteiger partial charge >= 0.3 is 5.97 Å². The third kappa shape index (κ3) is 3.62. The lowest BCUT2D eigenvalue weighted by Gasteiger charge is -2.10. The van der Waals surface area contributed by atoms with Gasteiger partial charge in [0.2, 0.25) is 11.6 Å². The molecule has 25 heavy (non-hydrogen) atoms. The Labute approximate surface area is 137 Å². The number of alkyl halides is 1. The number of hydrogen-bond donors (Lipinski definition) is 1. The molecule has 1 fully saturated rings. The summed E-state index contributed by atoms with van der Waals surface area (Å²) in [5.74, 6) is -15.0. The highest BCUT2D eigenvalue weighted by molar-refractivity contribution is 6.24. The fraction of sp³-hybridized carbons (Fsp3) is 0.333. The number of esters is 1. The van der Waals surface area contributed by atoms with Crippen molar-refractivity contribution in [3.8, 4) is 0 Å². The first kappa shape index (κ1) is 18.8. The molecular weight excluding hydrogens is 356 g/mol. The van der Waals surface area contributed by atoms with Gasteiger partial charge < -0.3 is 10.1 Å². The van der Waals surface area contributed by atoms with Crippen molar-refractivity contribution in [1.29, 1.82) is 0 Å². The Balaban J connectivity index is 2.48. The molecule has 0 aromatic heterocycles. The Bertz CT molecular complexity index is 735. The lowest BCUT2D eigenvalue weighted by molar-refractivity contribution is -0.138. The van der Waals surface area contributed by atoms with E-state index in [2.05, 4.69) is 10.1 Å². The van der Waals surface area contributed by atoms with Crippen LogP contribution in [-0.2, 0) is 9.53 Å². The van der Waals surface area contributed by atoms with Gasteiger partial charge in [0, 0.05) is 12.6 Å². The van der Waals surface area contributed by atoms with Crippen molar-refractivity contribution >= 4 is 11.8 Å². The summed E-state index contributed by atoms with van der Waals surface area (Å²) in [6, 6.07) is -0.728. The van der Waals surface area contributed by atoms with Crippen molar-refractivity contribution in [3.63, 3.8) is 0 Å². The lowest BCUT2D eigenvalue weighted by Crippen LogP contribution is -2.24. The van der Waals surface area contributed by atoms with Gasteiger partial charge in [-0.15, -0.1) is 0 Å². The Hall–Kier alpha value is -2.52. The van der Waals surface area contributed by atoms with Gasteiger partial charge in [-0.2, -0.15) is 0 Å². The molecule has 136 valence electrons. The molecule has 1 aliphatic rings. The molecule has 0 spiro atoms. The van der Waals surface area contributed by atoms with Gasteiger partial charge in [-0.3, -0.25) is 4.79 Å². The van der Waals surface area contributed by atoms with E-state index in [-0.39, 0.29) is 13.0 Å². The van der Waals surface area contributed by atoms with E-state index in [4.69, 9.17) is 0 Å². The van der Waals surface area contributed by atoms with Gasteiger partial charge in [0.1, 0.15) is 17.3 Å². The van der Waals surface area contributed by atoms with Crippen molar-refractivity contribution in [1.82, 2.24) is 5.32 Å². The number of Topliss-reactive ketones (excluding diaryl/α,β-unsaturated/α-hetero) is 1. The number of nitrogens with one attached hydrogen (secondary N) is 1. The summed E-state index contributed by atoms with van der Waals surface area (Å²) in [5.41, 5.74) is -2.82. The van der Waals surface area contributed by atoms with E-state index >= 15 is 0 Å². The second-order valence-electron chi connectivity index (χ2n) is 5.08. The third-order valence-electron chi connectivity index (χ3n) is 3.33. The minimum absolute atomic E-state index is 0.0727. The molecule has 1 aromatic rings. The maximum atomic E-state index is 13.7. The molecule has 1 aliphatic carbocycles. The highest BCUT2D eigenvalue weighted by atomic mass is 19.2. The Morgan fingerprint density at radius 2 is 1.56 bits per heavy atom. The molecular formula is C15H11F6NO3. The zero-order valence-electron chi connectivity index (χ0n) is 12.6. The number of carbonyl (C=O) groups excluding carboxylic acids is 2. The average Bonchev–Trinajstić information content (AvgIpc) is 3.27. The maximum Gasteiger partial charge on any atom is 0.343 e. The normalized spacial score (nSPS) is 19.6. The largest absolute Gasteiger partial charge is 0.462 e. The van der Waals surface area contributed by atoms with Crippen LogP contribution in [0.25, 0.3) is 0 Å². The van der Waals surface area contributed by atoms with Crippen molar-refractivity contribution in [2.75, 3.05) is 6.61 Å². The van der Waals surface area contributed by atoms with Crippen LogP contribution < -0.4 is 5.32 Å². The smallest absolute Gasteiger partial charge is 0.343 e. The number of carbonyl (C=O) groups is 2. The quantitative estimate of drug-likeness (QED) is 0.123. The average molecular weight is 367 g/mol. The van der Waals surface area contributed by atoms with Crippen LogP contribution in [0.15, 0.2) is 11.8 Å². The minimum Gasteiger partial charge on any atom is -0.462 e. The van der Waals surface area contributed by atoms with Crippen LogP contribution >= 0.6 is 0 Å². The van der Waals surface area contributed by atoms with E-state index < -0.39 is 64.2 Å². The van der Waals surface area contributed by atoms with E-state index in [0.717, 1.165) is 0 Å². The molecule has 0 heterocycles. The summed E-state index contributed by atoms with van der Waals surface area (Å²) in [4.78, 5) is 24.0. The molecule has 4 nitrogen and oxygen atoms in total. The van der Waals surface area contributed by atoms with E-state index in [1.807, 2.05) is 0 Å². The van der Waals surface area contributed by atoms with Gasteiger partial charge in [0.05, 0.1) is 12.6 Å². The van der Waals surface area contributed by atoms with Gasteiger partial charge in [0.15, 0.2) is 23.3 Å².